The highest BCUT2D eigenvalue weighted by Gasteiger charge is 2.38. The number of rotatable bonds is 6. The predicted octanol–water partition coefficient (Wildman–Crippen LogP) is 14.9. The van der Waals surface area contributed by atoms with Gasteiger partial charge in [0.25, 0.3) is 0 Å². The van der Waals surface area contributed by atoms with Crippen LogP contribution in [-0.2, 0) is 5.41 Å². The summed E-state index contributed by atoms with van der Waals surface area (Å²) in [4.78, 5) is 5.03. The number of fused-ring (bicyclic) bond motifs is 4. The van der Waals surface area contributed by atoms with E-state index in [1.54, 1.807) is 0 Å². The molecule has 10 rings (SSSR count). The quantitative estimate of drug-likeness (QED) is 0.170. The lowest BCUT2D eigenvalue weighted by atomic mass is 9.73. The van der Waals surface area contributed by atoms with Gasteiger partial charge in [-0.15, -0.1) is 0 Å². The van der Waals surface area contributed by atoms with Crippen LogP contribution in [0.25, 0.3) is 43.8 Å². The molecule has 0 fully saturated rings. The van der Waals surface area contributed by atoms with Crippen molar-refractivity contribution in [2.24, 2.45) is 0 Å². The molecule has 0 radical (unpaired) electrons. The van der Waals surface area contributed by atoms with Gasteiger partial charge in [-0.3, -0.25) is 0 Å². The van der Waals surface area contributed by atoms with Gasteiger partial charge < -0.3 is 9.80 Å². The maximum absolute atomic E-state index is 2.55. The van der Waals surface area contributed by atoms with Gasteiger partial charge in [-0.1, -0.05) is 184 Å². The van der Waals surface area contributed by atoms with E-state index in [9.17, 15) is 0 Å². The van der Waals surface area contributed by atoms with Crippen LogP contribution in [0.4, 0.5) is 34.1 Å². The van der Waals surface area contributed by atoms with Gasteiger partial charge in [0.05, 0.1) is 28.4 Å². The van der Waals surface area contributed by atoms with E-state index in [-0.39, 0.29) is 5.41 Å². The van der Waals surface area contributed by atoms with Crippen molar-refractivity contribution in [3.05, 3.63) is 217 Å². The van der Waals surface area contributed by atoms with Gasteiger partial charge in [0, 0.05) is 21.9 Å². The summed E-state index contributed by atoms with van der Waals surface area (Å²) < 4.78 is 0. The lowest BCUT2D eigenvalue weighted by Crippen LogP contribution is -2.31. The third-order valence-corrected chi connectivity index (χ3v) is 11.4. The van der Waals surface area contributed by atoms with Crippen LogP contribution >= 0.6 is 0 Å². The number of hydrogen-bond donors (Lipinski definition) is 0. The molecule has 0 aliphatic carbocycles. The van der Waals surface area contributed by atoms with Crippen molar-refractivity contribution in [1.29, 1.82) is 0 Å². The number of benzene rings is 9. The van der Waals surface area contributed by atoms with E-state index in [0.29, 0.717) is 0 Å². The summed E-state index contributed by atoms with van der Waals surface area (Å²) >= 11 is 0. The molecular formula is C53H40N2. The maximum Gasteiger partial charge on any atom is 0.0781 e. The van der Waals surface area contributed by atoms with E-state index >= 15 is 0 Å². The fraction of sp³-hybridized carbons (Fsp3) is 0.0566. The third-order valence-electron chi connectivity index (χ3n) is 11.4. The molecule has 2 nitrogen and oxygen atoms in total. The van der Waals surface area contributed by atoms with Gasteiger partial charge in [0.1, 0.15) is 0 Å². The summed E-state index contributed by atoms with van der Waals surface area (Å²) in [6.45, 7) is 4.73. The molecule has 0 spiro atoms. The smallest absolute Gasteiger partial charge is 0.0781 e. The molecule has 1 aliphatic heterocycles. The first-order valence-corrected chi connectivity index (χ1v) is 19.1. The van der Waals surface area contributed by atoms with Gasteiger partial charge in [-0.25, -0.2) is 0 Å². The first kappa shape index (κ1) is 32.7. The van der Waals surface area contributed by atoms with Crippen molar-refractivity contribution in [1.82, 2.24) is 0 Å². The zero-order chi connectivity index (χ0) is 36.9. The lowest BCUT2D eigenvalue weighted by Gasteiger charge is -2.44. The van der Waals surface area contributed by atoms with E-state index in [1.807, 2.05) is 0 Å². The van der Waals surface area contributed by atoms with Crippen LogP contribution in [0.15, 0.2) is 206 Å². The second-order valence-corrected chi connectivity index (χ2v) is 15.0. The molecule has 0 unspecified atom stereocenters. The van der Waals surface area contributed by atoms with E-state index in [4.69, 9.17) is 0 Å². The van der Waals surface area contributed by atoms with Gasteiger partial charge in [0.2, 0.25) is 0 Å². The highest BCUT2D eigenvalue weighted by molar-refractivity contribution is 6.10. The Morgan fingerprint density at radius 1 is 0.382 bits per heavy atom. The monoisotopic (exact) mass is 704 g/mol. The normalized spacial score (nSPS) is 13.0. The Bertz CT molecular complexity index is 2830. The summed E-state index contributed by atoms with van der Waals surface area (Å²) in [5, 5.41) is 4.79. The number of anilines is 6. The molecule has 2 heteroatoms. The molecular weight excluding hydrogens is 665 g/mol. The summed E-state index contributed by atoms with van der Waals surface area (Å²) in [5.41, 5.74) is 14.0. The van der Waals surface area contributed by atoms with Gasteiger partial charge in [0.15, 0.2) is 0 Å². The van der Waals surface area contributed by atoms with E-state index < -0.39 is 0 Å². The average molecular weight is 705 g/mol. The largest absolute Gasteiger partial charge is 0.308 e. The van der Waals surface area contributed by atoms with Crippen LogP contribution in [0.1, 0.15) is 25.0 Å². The molecule has 0 saturated carbocycles. The zero-order valence-corrected chi connectivity index (χ0v) is 31.0. The molecule has 1 heterocycles. The van der Waals surface area contributed by atoms with Crippen LogP contribution in [-0.4, -0.2) is 0 Å². The van der Waals surface area contributed by atoms with E-state index in [2.05, 4.69) is 230 Å². The van der Waals surface area contributed by atoms with E-state index in [0.717, 1.165) is 22.7 Å². The van der Waals surface area contributed by atoms with Crippen LogP contribution in [0.3, 0.4) is 0 Å². The zero-order valence-electron chi connectivity index (χ0n) is 31.0. The topological polar surface area (TPSA) is 6.48 Å². The van der Waals surface area contributed by atoms with Crippen molar-refractivity contribution in [3.63, 3.8) is 0 Å². The SMILES string of the molecule is CC1(C)c2ccccc2N(c2c(N(c3ccc(-c4ccccc4)cc3)c3cccc4ccccc34)ccc3ccccc23)c2cc(-c3ccccc3)ccc21. The Morgan fingerprint density at radius 2 is 0.927 bits per heavy atom. The second kappa shape index (κ2) is 13.2. The Morgan fingerprint density at radius 3 is 1.67 bits per heavy atom. The number of nitrogens with zero attached hydrogens (tertiary/aromatic N) is 2. The average Bonchev–Trinajstić information content (AvgIpc) is 3.25. The minimum atomic E-state index is -0.217. The molecule has 0 amide bonds. The van der Waals surface area contributed by atoms with E-state index in [1.165, 1.54) is 66.3 Å². The molecule has 0 bridgehead atoms. The Kier molecular flexibility index (Phi) is 7.85. The molecule has 55 heavy (non-hydrogen) atoms. The highest BCUT2D eigenvalue weighted by atomic mass is 15.2. The van der Waals surface area contributed by atoms with Crippen molar-refractivity contribution in [3.8, 4) is 22.3 Å². The fourth-order valence-electron chi connectivity index (χ4n) is 8.67. The Hall–Kier alpha value is -6.90. The van der Waals surface area contributed by atoms with Crippen LogP contribution in [0, 0.1) is 0 Å². The highest BCUT2D eigenvalue weighted by Crippen LogP contribution is 2.57. The minimum absolute atomic E-state index is 0.217. The summed E-state index contributed by atoms with van der Waals surface area (Å²) in [7, 11) is 0. The van der Waals surface area contributed by atoms with Crippen LogP contribution < -0.4 is 9.80 Å². The van der Waals surface area contributed by atoms with Gasteiger partial charge in [-0.2, -0.15) is 0 Å². The maximum atomic E-state index is 2.55. The third kappa shape index (κ3) is 5.49. The van der Waals surface area contributed by atoms with Crippen molar-refractivity contribution in [2.75, 3.05) is 9.80 Å². The molecule has 9 aromatic carbocycles. The lowest BCUT2D eigenvalue weighted by molar-refractivity contribution is 0.632. The molecule has 1 aliphatic rings. The van der Waals surface area contributed by atoms with Crippen molar-refractivity contribution >= 4 is 55.7 Å². The molecule has 0 aromatic heterocycles. The van der Waals surface area contributed by atoms with Crippen LogP contribution in [0.5, 0.6) is 0 Å². The molecule has 262 valence electrons. The first-order chi connectivity index (χ1) is 27.1. The summed E-state index contributed by atoms with van der Waals surface area (Å²) in [6.07, 6.45) is 0. The second-order valence-electron chi connectivity index (χ2n) is 15.0. The minimum Gasteiger partial charge on any atom is -0.308 e. The van der Waals surface area contributed by atoms with Gasteiger partial charge >= 0.3 is 0 Å². The first-order valence-electron chi connectivity index (χ1n) is 19.1. The summed E-state index contributed by atoms with van der Waals surface area (Å²) in [5.74, 6) is 0. The molecule has 0 atom stereocenters. The summed E-state index contributed by atoms with van der Waals surface area (Å²) in [6, 6.07) is 75.3. The number of hydrogen-bond acceptors (Lipinski definition) is 2. The molecule has 0 N–H and O–H groups in total. The van der Waals surface area contributed by atoms with Crippen LogP contribution in [0.2, 0.25) is 0 Å². The molecule has 0 saturated heterocycles. The Balaban J connectivity index is 1.29. The fourth-order valence-corrected chi connectivity index (χ4v) is 8.67. The predicted molar refractivity (Wildman–Crippen MR) is 234 cm³/mol. The Labute approximate surface area is 323 Å². The molecule has 9 aromatic rings. The number of para-hydroxylation sites is 1. The standard InChI is InChI=1S/C53H40N2/c1-53(2)46-25-13-14-26-49(46)55(51-36-42(30-34-47(51)53)38-18-7-4-8-19-38)52-45-24-12-10-21-41(45)31-35-50(52)54(48-27-15-22-40-20-9-11-23-44(40)48)43-32-28-39(29-33-43)37-16-5-3-6-17-37/h3-36H,1-2H3. The van der Waals surface area contributed by atoms with Crippen molar-refractivity contribution in [2.45, 2.75) is 19.3 Å². The van der Waals surface area contributed by atoms with Gasteiger partial charge in [-0.05, 0) is 80.6 Å². The van der Waals surface area contributed by atoms with Crippen molar-refractivity contribution < 1.29 is 0 Å².